The highest BCUT2D eigenvalue weighted by atomic mass is 32.2. The van der Waals surface area contributed by atoms with Crippen LogP contribution in [0.1, 0.15) is 32.0 Å². The summed E-state index contributed by atoms with van der Waals surface area (Å²) in [6, 6.07) is 4.10. The summed E-state index contributed by atoms with van der Waals surface area (Å²) in [6.07, 6.45) is 3.28. The summed E-state index contributed by atoms with van der Waals surface area (Å²) in [4.78, 5) is 4.35. The second kappa shape index (κ2) is 6.92. The van der Waals surface area contributed by atoms with E-state index < -0.39 is 0 Å². The van der Waals surface area contributed by atoms with Crippen LogP contribution in [0.5, 0.6) is 0 Å². The predicted molar refractivity (Wildman–Crippen MR) is 70.9 cm³/mol. The van der Waals surface area contributed by atoms with E-state index in [-0.39, 0.29) is 6.10 Å². The molecule has 1 unspecified atom stereocenters. The number of aromatic nitrogens is 1. The first-order valence-electron chi connectivity index (χ1n) is 5.85. The second-order valence-corrected chi connectivity index (χ2v) is 5.86. The van der Waals surface area contributed by atoms with Crippen LogP contribution in [0.25, 0.3) is 0 Å². The fourth-order valence-electron chi connectivity index (χ4n) is 1.39. The van der Waals surface area contributed by atoms with Gasteiger partial charge in [-0.15, -0.1) is 0 Å². The van der Waals surface area contributed by atoms with E-state index in [0.29, 0.717) is 11.7 Å². The topological polar surface area (TPSA) is 33.1 Å². The molecule has 16 heavy (non-hydrogen) atoms. The predicted octanol–water partition coefficient (Wildman–Crippen LogP) is 2.69. The van der Waals surface area contributed by atoms with Gasteiger partial charge >= 0.3 is 0 Å². The Balaban J connectivity index is 2.40. The summed E-state index contributed by atoms with van der Waals surface area (Å²) >= 11 is 1.79. The van der Waals surface area contributed by atoms with Crippen molar-refractivity contribution in [1.29, 1.82) is 0 Å². The van der Waals surface area contributed by atoms with E-state index >= 15 is 0 Å². The molecule has 0 aliphatic heterocycles. The highest BCUT2D eigenvalue weighted by molar-refractivity contribution is 7.99. The maximum atomic E-state index is 9.82. The molecule has 1 rings (SSSR count). The number of nitrogens with zero attached hydrogens (tertiary/aromatic N) is 1. The maximum Gasteiger partial charge on any atom is 0.0686 e. The van der Waals surface area contributed by atoms with Crippen LogP contribution in [-0.4, -0.2) is 27.2 Å². The van der Waals surface area contributed by atoms with Crippen LogP contribution in [0.4, 0.5) is 0 Å². The quantitative estimate of drug-likeness (QED) is 0.828. The second-order valence-electron chi connectivity index (χ2n) is 4.25. The van der Waals surface area contributed by atoms with E-state index in [1.165, 1.54) is 5.56 Å². The lowest BCUT2D eigenvalue weighted by Crippen LogP contribution is -2.15. The van der Waals surface area contributed by atoms with Gasteiger partial charge in [0.05, 0.1) is 6.10 Å². The van der Waals surface area contributed by atoms with Crippen molar-refractivity contribution < 1.29 is 5.11 Å². The van der Waals surface area contributed by atoms with Crippen molar-refractivity contribution in [3.05, 3.63) is 29.6 Å². The lowest BCUT2D eigenvalue weighted by molar-refractivity contribution is 0.199. The highest BCUT2D eigenvalue weighted by Gasteiger charge is 2.07. The van der Waals surface area contributed by atoms with E-state index in [9.17, 15) is 5.11 Å². The number of aryl methyl sites for hydroxylation is 1. The molecule has 0 radical (unpaired) electrons. The first-order valence-corrected chi connectivity index (χ1v) is 6.90. The zero-order valence-electron chi connectivity index (χ0n) is 10.3. The molecule has 1 heterocycles. The number of hydrogen-bond donors (Lipinski definition) is 1. The van der Waals surface area contributed by atoms with Crippen molar-refractivity contribution in [3.63, 3.8) is 0 Å². The van der Waals surface area contributed by atoms with Gasteiger partial charge in [-0.1, -0.05) is 26.8 Å². The normalized spacial score (nSPS) is 13.1. The average Bonchev–Trinajstić information content (AvgIpc) is 2.27. The molecule has 0 fully saturated rings. The van der Waals surface area contributed by atoms with Gasteiger partial charge in [-0.2, -0.15) is 11.8 Å². The van der Waals surface area contributed by atoms with Gasteiger partial charge in [0.1, 0.15) is 0 Å². The lowest BCUT2D eigenvalue weighted by Gasteiger charge is -2.11. The van der Waals surface area contributed by atoms with Gasteiger partial charge in [-0.05, 0) is 23.3 Å². The summed E-state index contributed by atoms with van der Waals surface area (Å²) in [5.74, 6) is 0.787. The Morgan fingerprint density at radius 3 is 2.62 bits per heavy atom. The van der Waals surface area contributed by atoms with Crippen LogP contribution in [0.15, 0.2) is 18.3 Å². The Kier molecular flexibility index (Phi) is 5.85. The smallest absolute Gasteiger partial charge is 0.0686 e. The molecule has 90 valence electrons. The third-order valence-corrected chi connectivity index (χ3v) is 3.60. The van der Waals surface area contributed by atoms with Crippen LogP contribution in [0, 0.1) is 0 Å². The summed E-state index contributed by atoms with van der Waals surface area (Å²) in [5, 5.41) is 10.4. The first-order chi connectivity index (χ1) is 7.61. The molecule has 0 bridgehead atoms. The molecular weight excluding hydrogens is 218 g/mol. The number of hydrogen-bond acceptors (Lipinski definition) is 3. The van der Waals surface area contributed by atoms with Gasteiger partial charge in [0.2, 0.25) is 0 Å². The number of pyridine rings is 1. The number of thioether (sulfide) groups is 1. The molecule has 1 atom stereocenters. The monoisotopic (exact) mass is 239 g/mol. The van der Waals surface area contributed by atoms with Crippen LogP contribution in [0.2, 0.25) is 0 Å². The zero-order chi connectivity index (χ0) is 12.0. The molecule has 0 aliphatic rings. The van der Waals surface area contributed by atoms with Gasteiger partial charge < -0.3 is 5.11 Å². The molecule has 0 saturated heterocycles. The van der Waals surface area contributed by atoms with Crippen LogP contribution < -0.4 is 0 Å². The van der Waals surface area contributed by atoms with Crippen molar-refractivity contribution in [2.45, 2.75) is 45.0 Å². The van der Waals surface area contributed by atoms with Crippen LogP contribution in [-0.2, 0) is 12.8 Å². The number of rotatable bonds is 6. The van der Waals surface area contributed by atoms with Crippen LogP contribution >= 0.6 is 11.8 Å². The molecule has 0 saturated carbocycles. The van der Waals surface area contributed by atoms with E-state index in [1.54, 1.807) is 11.8 Å². The molecule has 0 amide bonds. The Morgan fingerprint density at radius 1 is 1.38 bits per heavy atom. The number of aliphatic hydroxyl groups is 1. The van der Waals surface area contributed by atoms with Gasteiger partial charge in [-0.3, -0.25) is 4.98 Å². The third-order valence-electron chi connectivity index (χ3n) is 2.36. The van der Waals surface area contributed by atoms with Gasteiger partial charge in [-0.25, -0.2) is 0 Å². The molecule has 1 aromatic heterocycles. The van der Waals surface area contributed by atoms with Crippen molar-refractivity contribution >= 4 is 11.8 Å². The SMILES string of the molecule is CCc1ccc(CC(O)CSC(C)C)nc1. The Labute approximate surface area is 102 Å². The summed E-state index contributed by atoms with van der Waals surface area (Å²) in [6.45, 7) is 6.40. The molecule has 0 spiro atoms. The minimum absolute atomic E-state index is 0.285. The van der Waals surface area contributed by atoms with Crippen molar-refractivity contribution in [1.82, 2.24) is 4.98 Å². The van der Waals surface area contributed by atoms with Crippen LogP contribution in [0.3, 0.4) is 0 Å². The maximum absolute atomic E-state index is 9.82. The van der Waals surface area contributed by atoms with Gasteiger partial charge in [0, 0.05) is 24.1 Å². The summed E-state index contributed by atoms with van der Waals surface area (Å²) < 4.78 is 0. The Morgan fingerprint density at radius 2 is 2.12 bits per heavy atom. The van der Waals surface area contributed by atoms with Gasteiger partial charge in [0.25, 0.3) is 0 Å². The highest BCUT2D eigenvalue weighted by Crippen LogP contribution is 2.13. The molecule has 2 nitrogen and oxygen atoms in total. The standard InChI is InChI=1S/C13H21NOS/c1-4-11-5-6-12(14-8-11)7-13(15)9-16-10(2)3/h5-6,8,10,13,15H,4,7,9H2,1-3H3. The minimum Gasteiger partial charge on any atom is -0.392 e. The van der Waals surface area contributed by atoms with Crippen molar-refractivity contribution in [3.8, 4) is 0 Å². The van der Waals surface area contributed by atoms with Gasteiger partial charge in [0.15, 0.2) is 0 Å². The van der Waals surface area contributed by atoms with E-state index in [0.717, 1.165) is 17.9 Å². The molecule has 1 aromatic rings. The molecule has 0 aliphatic carbocycles. The van der Waals surface area contributed by atoms with Crippen molar-refractivity contribution in [2.75, 3.05) is 5.75 Å². The van der Waals surface area contributed by atoms with E-state index in [4.69, 9.17) is 0 Å². The Bertz CT molecular complexity index is 297. The largest absolute Gasteiger partial charge is 0.392 e. The summed E-state index contributed by atoms with van der Waals surface area (Å²) in [7, 11) is 0. The molecule has 0 aromatic carbocycles. The molecular formula is C13H21NOS. The van der Waals surface area contributed by atoms with Crippen molar-refractivity contribution in [2.24, 2.45) is 0 Å². The number of aliphatic hydroxyl groups excluding tert-OH is 1. The fourth-order valence-corrected chi connectivity index (χ4v) is 2.11. The third kappa shape index (κ3) is 4.99. The minimum atomic E-state index is -0.285. The first kappa shape index (κ1) is 13.5. The molecule has 1 N–H and O–H groups in total. The zero-order valence-corrected chi connectivity index (χ0v) is 11.1. The fraction of sp³-hybridized carbons (Fsp3) is 0.615. The van der Waals surface area contributed by atoms with E-state index in [1.807, 2.05) is 12.3 Å². The summed E-state index contributed by atoms with van der Waals surface area (Å²) in [5.41, 5.74) is 2.23. The van der Waals surface area contributed by atoms with E-state index in [2.05, 4.69) is 31.8 Å². The molecule has 3 heteroatoms. The lowest BCUT2D eigenvalue weighted by atomic mass is 10.1. The Hall–Kier alpha value is -0.540. The average molecular weight is 239 g/mol.